The minimum atomic E-state index is -0.0815. The molecule has 1 unspecified atom stereocenters. The minimum Gasteiger partial charge on any atom is -0.335 e. The standard InChI is InChI=1S/C21H26BrN3O/c1-16(18-7-9-19(22)10-8-18)23-21(26)24-20-11-13-25(14-12-20)15-17-5-3-2-4-6-17/h2-10,16,20H,11-15H2,1H3,(H2,23,24,26). The van der Waals surface area contributed by atoms with E-state index in [4.69, 9.17) is 0 Å². The molecule has 0 saturated carbocycles. The second kappa shape index (κ2) is 9.19. The first-order chi connectivity index (χ1) is 12.6. The van der Waals surface area contributed by atoms with Crippen molar-refractivity contribution in [3.05, 3.63) is 70.2 Å². The number of likely N-dealkylation sites (tertiary alicyclic amines) is 1. The van der Waals surface area contributed by atoms with Crippen molar-refractivity contribution < 1.29 is 4.79 Å². The van der Waals surface area contributed by atoms with Gasteiger partial charge in [-0.05, 0) is 43.0 Å². The molecular formula is C21H26BrN3O. The van der Waals surface area contributed by atoms with Crippen molar-refractivity contribution >= 4 is 22.0 Å². The first-order valence-corrected chi connectivity index (χ1v) is 9.98. The average Bonchev–Trinajstić information content (AvgIpc) is 2.64. The van der Waals surface area contributed by atoms with Gasteiger partial charge in [0, 0.05) is 30.1 Å². The summed E-state index contributed by atoms with van der Waals surface area (Å²) >= 11 is 3.43. The monoisotopic (exact) mass is 415 g/mol. The fraction of sp³-hybridized carbons (Fsp3) is 0.381. The number of piperidine rings is 1. The molecule has 2 amide bonds. The quantitative estimate of drug-likeness (QED) is 0.755. The van der Waals surface area contributed by atoms with E-state index in [1.54, 1.807) is 0 Å². The number of urea groups is 1. The summed E-state index contributed by atoms with van der Waals surface area (Å²) in [5.74, 6) is 0. The summed E-state index contributed by atoms with van der Waals surface area (Å²) in [4.78, 5) is 14.7. The highest BCUT2D eigenvalue weighted by molar-refractivity contribution is 9.10. The molecule has 0 spiro atoms. The number of hydrogen-bond acceptors (Lipinski definition) is 2. The van der Waals surface area contributed by atoms with Gasteiger partial charge in [-0.2, -0.15) is 0 Å². The van der Waals surface area contributed by atoms with Gasteiger partial charge >= 0.3 is 6.03 Å². The molecule has 26 heavy (non-hydrogen) atoms. The van der Waals surface area contributed by atoms with Crippen LogP contribution < -0.4 is 10.6 Å². The lowest BCUT2D eigenvalue weighted by Crippen LogP contribution is -2.48. The maximum absolute atomic E-state index is 12.3. The predicted molar refractivity (Wildman–Crippen MR) is 109 cm³/mol. The smallest absolute Gasteiger partial charge is 0.315 e. The normalized spacial score (nSPS) is 16.8. The molecule has 0 bridgehead atoms. The highest BCUT2D eigenvalue weighted by Crippen LogP contribution is 2.17. The van der Waals surface area contributed by atoms with E-state index in [1.165, 1.54) is 5.56 Å². The van der Waals surface area contributed by atoms with Crippen LogP contribution in [0.1, 0.15) is 36.9 Å². The number of nitrogens with zero attached hydrogens (tertiary/aromatic N) is 1. The van der Waals surface area contributed by atoms with E-state index in [0.29, 0.717) is 0 Å². The van der Waals surface area contributed by atoms with Gasteiger partial charge in [0.2, 0.25) is 0 Å². The van der Waals surface area contributed by atoms with E-state index in [2.05, 4.69) is 55.7 Å². The second-order valence-electron chi connectivity index (χ2n) is 6.93. The van der Waals surface area contributed by atoms with Gasteiger partial charge in [-0.15, -0.1) is 0 Å². The zero-order chi connectivity index (χ0) is 18.4. The Morgan fingerprint density at radius 3 is 2.42 bits per heavy atom. The van der Waals surface area contributed by atoms with Gasteiger partial charge in [0.25, 0.3) is 0 Å². The van der Waals surface area contributed by atoms with Crippen molar-refractivity contribution in [1.29, 1.82) is 0 Å². The second-order valence-corrected chi connectivity index (χ2v) is 7.84. The van der Waals surface area contributed by atoms with Crippen molar-refractivity contribution in [2.75, 3.05) is 13.1 Å². The van der Waals surface area contributed by atoms with Crippen molar-refractivity contribution in [3.63, 3.8) is 0 Å². The summed E-state index contributed by atoms with van der Waals surface area (Å²) in [5.41, 5.74) is 2.45. The average molecular weight is 416 g/mol. The number of hydrogen-bond donors (Lipinski definition) is 2. The van der Waals surface area contributed by atoms with Crippen LogP contribution in [0.4, 0.5) is 4.79 Å². The predicted octanol–water partition coefficient (Wildman–Crippen LogP) is 4.47. The van der Waals surface area contributed by atoms with Crippen molar-refractivity contribution in [3.8, 4) is 0 Å². The Morgan fingerprint density at radius 2 is 1.77 bits per heavy atom. The van der Waals surface area contributed by atoms with Gasteiger partial charge in [-0.3, -0.25) is 4.90 Å². The van der Waals surface area contributed by atoms with Crippen LogP contribution in [-0.2, 0) is 6.54 Å². The lowest BCUT2D eigenvalue weighted by Gasteiger charge is -2.32. The largest absolute Gasteiger partial charge is 0.335 e. The van der Waals surface area contributed by atoms with Gasteiger partial charge in [0.05, 0.1) is 6.04 Å². The third-order valence-electron chi connectivity index (χ3n) is 4.89. The fourth-order valence-electron chi connectivity index (χ4n) is 3.34. The van der Waals surface area contributed by atoms with E-state index >= 15 is 0 Å². The summed E-state index contributed by atoms with van der Waals surface area (Å²) in [6.07, 6.45) is 1.99. The number of nitrogens with one attached hydrogen (secondary N) is 2. The molecule has 1 heterocycles. The maximum Gasteiger partial charge on any atom is 0.315 e. The van der Waals surface area contributed by atoms with Crippen LogP contribution in [0.25, 0.3) is 0 Å². The van der Waals surface area contributed by atoms with Crippen LogP contribution in [0.15, 0.2) is 59.1 Å². The Hall–Kier alpha value is -1.85. The van der Waals surface area contributed by atoms with E-state index < -0.39 is 0 Å². The van der Waals surface area contributed by atoms with Gasteiger partial charge in [-0.25, -0.2) is 4.79 Å². The van der Waals surface area contributed by atoms with Crippen LogP contribution in [-0.4, -0.2) is 30.1 Å². The maximum atomic E-state index is 12.3. The topological polar surface area (TPSA) is 44.4 Å². The molecule has 0 radical (unpaired) electrons. The Labute approximate surface area is 164 Å². The third-order valence-corrected chi connectivity index (χ3v) is 5.42. The Balaban J connectivity index is 1.41. The zero-order valence-electron chi connectivity index (χ0n) is 15.1. The summed E-state index contributed by atoms with van der Waals surface area (Å²) < 4.78 is 1.04. The molecule has 5 heteroatoms. The number of amides is 2. The van der Waals surface area contributed by atoms with Crippen LogP contribution >= 0.6 is 15.9 Å². The fourth-order valence-corrected chi connectivity index (χ4v) is 3.60. The number of benzene rings is 2. The van der Waals surface area contributed by atoms with E-state index in [1.807, 2.05) is 37.3 Å². The summed E-state index contributed by atoms with van der Waals surface area (Å²) in [6.45, 7) is 5.02. The molecule has 0 aliphatic carbocycles. The highest BCUT2D eigenvalue weighted by Gasteiger charge is 2.21. The van der Waals surface area contributed by atoms with Gasteiger partial charge < -0.3 is 10.6 Å². The van der Waals surface area contributed by atoms with Crippen LogP contribution in [0.3, 0.4) is 0 Å². The molecule has 1 aliphatic heterocycles. The number of carbonyl (C=O) groups is 1. The van der Waals surface area contributed by atoms with E-state index in [9.17, 15) is 4.79 Å². The van der Waals surface area contributed by atoms with Crippen molar-refractivity contribution in [2.24, 2.45) is 0 Å². The Bertz CT molecular complexity index is 697. The third kappa shape index (κ3) is 5.58. The van der Waals surface area contributed by atoms with E-state index in [0.717, 1.165) is 42.5 Å². The molecule has 3 rings (SSSR count). The summed E-state index contributed by atoms with van der Waals surface area (Å²) in [5, 5.41) is 6.16. The highest BCUT2D eigenvalue weighted by atomic mass is 79.9. The van der Waals surface area contributed by atoms with Gasteiger partial charge in [0.15, 0.2) is 0 Å². The first kappa shape index (κ1) is 18.9. The molecule has 2 aromatic carbocycles. The number of halogens is 1. The molecule has 1 saturated heterocycles. The minimum absolute atomic E-state index is 0.0127. The molecule has 1 atom stereocenters. The van der Waals surface area contributed by atoms with Crippen LogP contribution in [0.2, 0.25) is 0 Å². The molecule has 2 aromatic rings. The molecule has 0 aromatic heterocycles. The first-order valence-electron chi connectivity index (χ1n) is 9.19. The Kier molecular flexibility index (Phi) is 6.69. The summed E-state index contributed by atoms with van der Waals surface area (Å²) in [7, 11) is 0. The number of rotatable bonds is 5. The SMILES string of the molecule is CC(NC(=O)NC1CCN(Cc2ccccc2)CC1)c1ccc(Br)cc1. The Morgan fingerprint density at radius 1 is 1.12 bits per heavy atom. The number of carbonyl (C=O) groups excluding carboxylic acids is 1. The summed E-state index contributed by atoms with van der Waals surface area (Å²) in [6, 6.07) is 18.7. The molecule has 138 valence electrons. The van der Waals surface area contributed by atoms with Gasteiger partial charge in [0.1, 0.15) is 0 Å². The van der Waals surface area contributed by atoms with Gasteiger partial charge in [-0.1, -0.05) is 58.4 Å². The molecule has 2 N–H and O–H groups in total. The van der Waals surface area contributed by atoms with Crippen molar-refractivity contribution in [2.45, 2.75) is 38.4 Å². The zero-order valence-corrected chi connectivity index (χ0v) is 16.7. The lowest BCUT2D eigenvalue weighted by molar-refractivity contribution is 0.186. The lowest BCUT2D eigenvalue weighted by atomic mass is 10.0. The van der Waals surface area contributed by atoms with E-state index in [-0.39, 0.29) is 18.1 Å². The molecule has 1 aliphatic rings. The van der Waals surface area contributed by atoms with Crippen LogP contribution in [0.5, 0.6) is 0 Å². The van der Waals surface area contributed by atoms with Crippen molar-refractivity contribution in [1.82, 2.24) is 15.5 Å². The van der Waals surface area contributed by atoms with Crippen LogP contribution in [0, 0.1) is 0 Å². The molecule has 1 fully saturated rings. The molecular weight excluding hydrogens is 390 g/mol. The molecule has 4 nitrogen and oxygen atoms in total.